The van der Waals surface area contributed by atoms with Gasteiger partial charge in [0.15, 0.2) is 0 Å². The molecular weight excluding hydrogens is 158 g/mol. The largest absolute Gasteiger partial charge is 0.362 e. The van der Waals surface area contributed by atoms with Crippen molar-refractivity contribution in [2.24, 2.45) is 0 Å². The van der Waals surface area contributed by atoms with Crippen LogP contribution in [-0.4, -0.2) is 22.8 Å². The van der Waals surface area contributed by atoms with Crippen LogP contribution >= 0.6 is 0 Å². The van der Waals surface area contributed by atoms with Gasteiger partial charge in [0.2, 0.25) is 0 Å². The number of fused-ring (bicyclic) bond motifs is 1. The van der Waals surface area contributed by atoms with Gasteiger partial charge in [0.1, 0.15) is 12.4 Å². The molecule has 1 aliphatic heterocycles. The molecule has 1 amide bonds. The second kappa shape index (κ2) is 2.60. The molecule has 2 rings (SSSR count). The van der Waals surface area contributed by atoms with Gasteiger partial charge in [-0.2, -0.15) is 5.10 Å². The lowest BCUT2D eigenvalue weighted by atomic mass is 10.3. The number of carbonyl (C=O) groups is 1. The molecule has 1 N–H and O–H groups in total. The van der Waals surface area contributed by atoms with Gasteiger partial charge in [-0.1, -0.05) is 0 Å². The van der Waals surface area contributed by atoms with Crippen molar-refractivity contribution in [1.29, 1.82) is 0 Å². The van der Waals surface area contributed by atoms with Crippen molar-refractivity contribution < 1.29 is 9.53 Å². The predicted octanol–water partition coefficient (Wildman–Crippen LogP) is -0.270. The molecule has 12 heavy (non-hydrogen) atoms. The molecule has 64 valence electrons. The molecule has 0 saturated heterocycles. The maximum absolute atomic E-state index is 11.2. The number of rotatable bonds is 2. The van der Waals surface area contributed by atoms with Gasteiger partial charge < -0.3 is 10.1 Å². The first-order valence-corrected chi connectivity index (χ1v) is 3.64. The summed E-state index contributed by atoms with van der Waals surface area (Å²) >= 11 is 0. The van der Waals surface area contributed by atoms with E-state index in [1.54, 1.807) is 18.0 Å². The van der Waals surface area contributed by atoms with Gasteiger partial charge in [-0.05, 0) is 0 Å². The van der Waals surface area contributed by atoms with Crippen LogP contribution < -0.4 is 5.32 Å². The Bertz CT molecular complexity index is 318. The van der Waals surface area contributed by atoms with Gasteiger partial charge in [0.05, 0.1) is 6.20 Å². The zero-order chi connectivity index (χ0) is 8.55. The molecule has 1 aliphatic rings. The van der Waals surface area contributed by atoms with Crippen LogP contribution in [0.5, 0.6) is 0 Å². The smallest absolute Gasteiger partial charge is 0.270 e. The highest BCUT2D eigenvalue weighted by atomic mass is 16.5. The maximum Gasteiger partial charge on any atom is 0.270 e. The number of methoxy groups -OCH3 is 1. The summed E-state index contributed by atoms with van der Waals surface area (Å²) in [5.41, 5.74) is 1.56. The minimum Gasteiger partial charge on any atom is -0.362 e. The lowest BCUT2D eigenvalue weighted by Gasteiger charge is -2.01. The number of nitrogens with one attached hydrogen (secondary N) is 1. The first-order valence-electron chi connectivity index (χ1n) is 3.64. The second-order valence-corrected chi connectivity index (χ2v) is 2.62. The number of aromatic nitrogens is 2. The number of nitrogens with zero attached hydrogens (tertiary/aromatic N) is 2. The molecule has 0 aliphatic carbocycles. The molecular formula is C7H9N3O2. The summed E-state index contributed by atoms with van der Waals surface area (Å²) in [5, 5.41) is 6.72. The minimum atomic E-state index is -0.0699. The van der Waals surface area contributed by atoms with Gasteiger partial charge in [-0.15, -0.1) is 0 Å². The Morgan fingerprint density at radius 1 is 1.83 bits per heavy atom. The number of hydrogen-bond donors (Lipinski definition) is 1. The lowest BCUT2D eigenvalue weighted by molar-refractivity contribution is 0.0909. The van der Waals surface area contributed by atoms with Crippen LogP contribution in [0.15, 0.2) is 6.20 Å². The van der Waals surface area contributed by atoms with Crippen molar-refractivity contribution in [2.75, 3.05) is 7.11 Å². The Balaban J connectivity index is 2.39. The third-order valence-corrected chi connectivity index (χ3v) is 1.82. The average molecular weight is 167 g/mol. The fraction of sp³-hybridized carbons (Fsp3) is 0.429. The Morgan fingerprint density at radius 2 is 2.67 bits per heavy atom. The van der Waals surface area contributed by atoms with Gasteiger partial charge in [0, 0.05) is 19.2 Å². The molecule has 0 bridgehead atoms. The zero-order valence-corrected chi connectivity index (χ0v) is 6.70. The normalized spacial score (nSPS) is 14.6. The van der Waals surface area contributed by atoms with E-state index in [2.05, 4.69) is 10.4 Å². The number of amides is 1. The second-order valence-electron chi connectivity index (χ2n) is 2.62. The van der Waals surface area contributed by atoms with Crippen LogP contribution in [0.3, 0.4) is 0 Å². The highest BCUT2D eigenvalue weighted by molar-refractivity contribution is 5.96. The summed E-state index contributed by atoms with van der Waals surface area (Å²) in [5.74, 6) is -0.0699. The Morgan fingerprint density at radius 3 is 3.42 bits per heavy atom. The maximum atomic E-state index is 11.2. The number of ether oxygens (including phenoxy) is 1. The molecule has 5 heteroatoms. The summed E-state index contributed by atoms with van der Waals surface area (Å²) < 4.78 is 6.43. The first kappa shape index (κ1) is 7.30. The molecule has 0 radical (unpaired) electrons. The number of hydrogen-bond acceptors (Lipinski definition) is 3. The fourth-order valence-corrected chi connectivity index (χ4v) is 1.30. The van der Waals surface area contributed by atoms with Crippen molar-refractivity contribution >= 4 is 5.91 Å². The van der Waals surface area contributed by atoms with Gasteiger partial charge in [0.25, 0.3) is 5.91 Å². The third-order valence-electron chi connectivity index (χ3n) is 1.82. The highest BCUT2D eigenvalue weighted by Gasteiger charge is 2.23. The van der Waals surface area contributed by atoms with E-state index in [4.69, 9.17) is 4.74 Å². The van der Waals surface area contributed by atoms with E-state index < -0.39 is 0 Å². The van der Waals surface area contributed by atoms with E-state index in [1.807, 2.05) is 0 Å². The van der Waals surface area contributed by atoms with Crippen molar-refractivity contribution in [2.45, 2.75) is 13.3 Å². The minimum absolute atomic E-state index is 0.0699. The predicted molar refractivity (Wildman–Crippen MR) is 40.4 cm³/mol. The molecule has 0 fully saturated rings. The molecule has 0 atom stereocenters. The van der Waals surface area contributed by atoms with Crippen molar-refractivity contribution in [3.8, 4) is 0 Å². The lowest BCUT2D eigenvalue weighted by Crippen LogP contribution is -2.18. The van der Waals surface area contributed by atoms with Crippen molar-refractivity contribution in [1.82, 2.24) is 15.1 Å². The van der Waals surface area contributed by atoms with Crippen molar-refractivity contribution in [3.05, 3.63) is 17.5 Å². The SMILES string of the molecule is COCn1ncc2c1C(=O)NC2. The molecule has 0 spiro atoms. The molecule has 1 aromatic heterocycles. The van der Waals surface area contributed by atoms with Crippen molar-refractivity contribution in [3.63, 3.8) is 0 Å². The first-order chi connectivity index (χ1) is 5.83. The van der Waals surface area contributed by atoms with Crippen LogP contribution in [0.4, 0.5) is 0 Å². The molecule has 0 aromatic carbocycles. The van der Waals surface area contributed by atoms with E-state index in [1.165, 1.54) is 0 Å². The zero-order valence-electron chi connectivity index (χ0n) is 6.70. The van der Waals surface area contributed by atoms with Gasteiger partial charge >= 0.3 is 0 Å². The van der Waals surface area contributed by atoms with Crippen LogP contribution in [0.2, 0.25) is 0 Å². The molecule has 2 heterocycles. The van der Waals surface area contributed by atoms with Crippen LogP contribution in [-0.2, 0) is 18.0 Å². The van der Waals surface area contributed by atoms with Crippen LogP contribution in [0, 0.1) is 0 Å². The van der Waals surface area contributed by atoms with E-state index in [-0.39, 0.29) is 5.91 Å². The van der Waals surface area contributed by atoms with Crippen LogP contribution in [0.25, 0.3) is 0 Å². The topological polar surface area (TPSA) is 56.2 Å². The Hall–Kier alpha value is -1.36. The molecule has 1 aromatic rings. The molecule has 5 nitrogen and oxygen atoms in total. The summed E-state index contributed by atoms with van der Waals surface area (Å²) in [6.07, 6.45) is 1.69. The third kappa shape index (κ3) is 0.902. The average Bonchev–Trinajstić information content (AvgIpc) is 2.58. The number of carbonyl (C=O) groups excluding carboxylic acids is 1. The van der Waals surface area contributed by atoms with Gasteiger partial charge in [-0.3, -0.25) is 4.79 Å². The Labute approximate surface area is 69.3 Å². The van der Waals surface area contributed by atoms with E-state index >= 15 is 0 Å². The standard InChI is InChI=1S/C7H9N3O2/c1-12-4-10-6-5(3-9-10)2-8-7(6)11/h3H,2,4H2,1H3,(H,8,11). The van der Waals surface area contributed by atoms with E-state index in [0.717, 1.165) is 5.56 Å². The monoisotopic (exact) mass is 167 g/mol. The van der Waals surface area contributed by atoms with Crippen LogP contribution in [0.1, 0.15) is 16.1 Å². The fourth-order valence-electron chi connectivity index (χ4n) is 1.30. The quantitative estimate of drug-likeness (QED) is 0.659. The van der Waals surface area contributed by atoms with Gasteiger partial charge in [-0.25, -0.2) is 4.68 Å². The molecule has 0 unspecified atom stereocenters. The molecule has 0 saturated carbocycles. The van der Waals surface area contributed by atoms with E-state index in [0.29, 0.717) is 19.0 Å². The summed E-state index contributed by atoms with van der Waals surface area (Å²) in [6.45, 7) is 0.903. The van der Waals surface area contributed by atoms with E-state index in [9.17, 15) is 4.79 Å². The summed E-state index contributed by atoms with van der Waals surface area (Å²) in [6, 6.07) is 0. The highest BCUT2D eigenvalue weighted by Crippen LogP contribution is 2.13. The summed E-state index contributed by atoms with van der Waals surface area (Å²) in [4.78, 5) is 11.2. The summed E-state index contributed by atoms with van der Waals surface area (Å²) in [7, 11) is 1.57. The Kier molecular flexibility index (Phi) is 1.58.